The van der Waals surface area contributed by atoms with Crippen LogP contribution < -0.4 is 0 Å². The van der Waals surface area contributed by atoms with Gasteiger partial charge in [-0.05, 0) is 97.7 Å². The van der Waals surface area contributed by atoms with Crippen molar-refractivity contribution in [2.45, 2.75) is 195 Å². The largest absolute Gasteiger partial charge is 0.462 e. The molecule has 4 rings (SSSR count). The van der Waals surface area contributed by atoms with E-state index in [4.69, 9.17) is 4.74 Å². The molecule has 3 saturated carbocycles. The highest BCUT2D eigenvalue weighted by Gasteiger charge is 2.59. The molecular weight excluding hydrogens is 524 g/mol. The van der Waals surface area contributed by atoms with Crippen LogP contribution in [-0.2, 0) is 9.53 Å². The van der Waals surface area contributed by atoms with Gasteiger partial charge in [-0.15, -0.1) is 0 Å². The Morgan fingerprint density at radius 1 is 0.814 bits per heavy atom. The van der Waals surface area contributed by atoms with Crippen LogP contribution in [0.3, 0.4) is 0 Å². The second-order valence-electron chi connectivity index (χ2n) is 16.9. The lowest BCUT2D eigenvalue weighted by molar-refractivity contribution is -0.151. The van der Waals surface area contributed by atoms with Crippen LogP contribution in [0.25, 0.3) is 0 Å². The molecule has 4 aliphatic rings. The van der Waals surface area contributed by atoms with Crippen molar-refractivity contribution in [3.8, 4) is 0 Å². The van der Waals surface area contributed by atoms with Crippen molar-refractivity contribution in [1.29, 1.82) is 0 Å². The minimum absolute atomic E-state index is 0.0618. The van der Waals surface area contributed by atoms with Gasteiger partial charge in [-0.2, -0.15) is 0 Å². The van der Waals surface area contributed by atoms with Gasteiger partial charge in [0.25, 0.3) is 0 Å². The number of allylic oxidation sites excluding steroid dienone is 1. The first-order valence-corrected chi connectivity index (χ1v) is 19.6. The minimum Gasteiger partial charge on any atom is -0.462 e. The minimum atomic E-state index is 0.0618. The molecule has 0 aliphatic heterocycles. The van der Waals surface area contributed by atoms with Crippen molar-refractivity contribution in [3.63, 3.8) is 0 Å². The molecule has 0 aromatic carbocycles. The van der Waals surface area contributed by atoms with E-state index in [9.17, 15) is 4.79 Å². The van der Waals surface area contributed by atoms with Gasteiger partial charge in [0.2, 0.25) is 0 Å². The van der Waals surface area contributed by atoms with Gasteiger partial charge in [-0.25, -0.2) is 0 Å². The van der Waals surface area contributed by atoms with E-state index in [0.29, 0.717) is 17.3 Å². The molecule has 43 heavy (non-hydrogen) atoms. The maximum atomic E-state index is 12.7. The fourth-order valence-electron chi connectivity index (χ4n) is 10.9. The zero-order valence-corrected chi connectivity index (χ0v) is 29.7. The van der Waals surface area contributed by atoms with Gasteiger partial charge in [-0.3, -0.25) is 4.79 Å². The number of carbonyl (C=O) groups is 1. The highest BCUT2D eigenvalue weighted by Crippen LogP contribution is 2.67. The zero-order valence-electron chi connectivity index (χ0n) is 29.7. The summed E-state index contributed by atoms with van der Waals surface area (Å²) in [4.78, 5) is 12.7. The highest BCUT2D eigenvalue weighted by molar-refractivity contribution is 5.69. The topological polar surface area (TPSA) is 26.3 Å². The lowest BCUT2D eigenvalue weighted by Crippen LogP contribution is -2.51. The molecule has 2 heteroatoms. The lowest BCUT2D eigenvalue weighted by atomic mass is 9.47. The van der Waals surface area contributed by atoms with E-state index in [2.05, 4.69) is 47.6 Å². The van der Waals surface area contributed by atoms with Crippen LogP contribution in [0.5, 0.6) is 0 Å². The second kappa shape index (κ2) is 16.7. The number of carbonyl (C=O) groups excluding carboxylic acids is 1. The molecule has 0 radical (unpaired) electrons. The van der Waals surface area contributed by atoms with E-state index in [-0.39, 0.29) is 12.1 Å². The standard InChI is InChI=1S/C41H72O2/c1-7-8-9-10-11-12-13-14-15-16-17-21-39(42)43-34-26-28-40(5)33(30-34)22-23-35-37-25-24-36(32(4)20-18-19-31(2)3)41(37,6)29-27-38(35)40/h22,31-32,34-38H,7-21,23-30H2,1-6H3/t32?,34-,35?,36+,37?,38?,40-,41+/m0/s1. The number of fused-ring (bicyclic) bond motifs is 5. The molecule has 0 heterocycles. The number of unbranched alkanes of at least 4 members (excludes halogenated alkanes) is 10. The molecule has 4 aliphatic carbocycles. The molecule has 0 bridgehead atoms. The highest BCUT2D eigenvalue weighted by atomic mass is 16.5. The number of hydrogen-bond donors (Lipinski definition) is 0. The van der Waals surface area contributed by atoms with Crippen LogP contribution in [0.2, 0.25) is 0 Å². The van der Waals surface area contributed by atoms with Crippen LogP contribution in [0, 0.1) is 46.3 Å². The summed E-state index contributed by atoms with van der Waals surface area (Å²) in [7, 11) is 0. The Morgan fingerprint density at radius 2 is 1.49 bits per heavy atom. The molecule has 0 amide bonds. The first kappa shape index (κ1) is 35.1. The monoisotopic (exact) mass is 597 g/mol. The molecule has 0 saturated heterocycles. The molecule has 8 atom stereocenters. The molecule has 0 aromatic heterocycles. The summed E-state index contributed by atoms with van der Waals surface area (Å²) in [6.07, 6.45) is 32.5. The SMILES string of the molecule is CCCCCCCCCCCCCC(=O)O[C@H]1CC[C@@]2(C)C(=CCC3C2CC[C@@]2(C)C3CC[C@@H]2C(C)CCCC(C)C)C1. The molecule has 0 aromatic rings. The predicted octanol–water partition coefficient (Wildman–Crippen LogP) is 12.6. The van der Waals surface area contributed by atoms with Crippen LogP contribution in [0.1, 0.15) is 189 Å². The van der Waals surface area contributed by atoms with Crippen molar-refractivity contribution >= 4 is 5.97 Å². The summed E-state index contributed by atoms with van der Waals surface area (Å²) in [5.74, 6) is 5.34. The van der Waals surface area contributed by atoms with E-state index in [1.54, 1.807) is 5.57 Å². The third-order valence-corrected chi connectivity index (χ3v) is 13.5. The number of esters is 1. The van der Waals surface area contributed by atoms with Gasteiger partial charge in [0.1, 0.15) is 6.10 Å². The smallest absolute Gasteiger partial charge is 0.306 e. The van der Waals surface area contributed by atoms with Crippen molar-refractivity contribution in [3.05, 3.63) is 11.6 Å². The molecular formula is C41H72O2. The molecule has 3 fully saturated rings. The summed E-state index contributed by atoms with van der Waals surface area (Å²) in [6.45, 7) is 14.9. The van der Waals surface area contributed by atoms with Gasteiger partial charge in [0, 0.05) is 12.8 Å². The number of hydrogen-bond acceptors (Lipinski definition) is 2. The summed E-state index contributed by atoms with van der Waals surface area (Å²) in [6, 6.07) is 0. The van der Waals surface area contributed by atoms with Crippen LogP contribution in [0.15, 0.2) is 11.6 Å². The summed E-state index contributed by atoms with van der Waals surface area (Å²) in [5.41, 5.74) is 2.54. The normalized spacial score (nSPS) is 34.3. The maximum Gasteiger partial charge on any atom is 0.306 e. The third kappa shape index (κ3) is 8.93. The Bertz CT molecular complexity index is 873. The van der Waals surface area contributed by atoms with Gasteiger partial charge in [-0.1, -0.05) is 137 Å². The summed E-state index contributed by atoms with van der Waals surface area (Å²) >= 11 is 0. The van der Waals surface area contributed by atoms with E-state index in [0.717, 1.165) is 54.8 Å². The molecule has 0 spiro atoms. The zero-order chi connectivity index (χ0) is 30.9. The average Bonchev–Trinajstić information content (AvgIpc) is 3.33. The number of ether oxygens (including phenoxy) is 1. The first-order chi connectivity index (χ1) is 20.7. The van der Waals surface area contributed by atoms with Crippen molar-refractivity contribution in [2.24, 2.45) is 46.3 Å². The van der Waals surface area contributed by atoms with Gasteiger partial charge >= 0.3 is 5.97 Å². The van der Waals surface area contributed by atoms with E-state index in [1.165, 1.54) is 122 Å². The fraction of sp³-hybridized carbons (Fsp3) is 0.927. The van der Waals surface area contributed by atoms with Crippen LogP contribution in [-0.4, -0.2) is 12.1 Å². The van der Waals surface area contributed by atoms with E-state index >= 15 is 0 Å². The van der Waals surface area contributed by atoms with Crippen molar-refractivity contribution in [1.82, 2.24) is 0 Å². The molecule has 248 valence electrons. The van der Waals surface area contributed by atoms with Crippen molar-refractivity contribution < 1.29 is 9.53 Å². The summed E-state index contributed by atoms with van der Waals surface area (Å²) < 4.78 is 6.11. The second-order valence-corrected chi connectivity index (χ2v) is 16.9. The van der Waals surface area contributed by atoms with E-state index < -0.39 is 0 Å². The van der Waals surface area contributed by atoms with Gasteiger partial charge in [0.05, 0.1) is 0 Å². The third-order valence-electron chi connectivity index (χ3n) is 13.5. The Labute approximate surface area is 268 Å². The van der Waals surface area contributed by atoms with E-state index in [1.807, 2.05) is 0 Å². The molecule has 2 nitrogen and oxygen atoms in total. The quantitative estimate of drug-likeness (QED) is 0.0893. The Kier molecular flexibility index (Phi) is 13.6. The van der Waals surface area contributed by atoms with Gasteiger partial charge < -0.3 is 4.74 Å². The van der Waals surface area contributed by atoms with Crippen molar-refractivity contribution in [2.75, 3.05) is 0 Å². The lowest BCUT2D eigenvalue weighted by Gasteiger charge is -2.58. The predicted molar refractivity (Wildman–Crippen MR) is 184 cm³/mol. The molecule has 4 unspecified atom stereocenters. The maximum absolute atomic E-state index is 12.7. The fourth-order valence-corrected chi connectivity index (χ4v) is 10.9. The number of rotatable bonds is 18. The first-order valence-electron chi connectivity index (χ1n) is 19.6. The average molecular weight is 597 g/mol. The van der Waals surface area contributed by atoms with Crippen LogP contribution >= 0.6 is 0 Å². The Hall–Kier alpha value is -0.790. The van der Waals surface area contributed by atoms with Gasteiger partial charge in [0.15, 0.2) is 0 Å². The summed E-state index contributed by atoms with van der Waals surface area (Å²) in [5, 5.41) is 0. The molecule has 0 N–H and O–H groups in total. The Morgan fingerprint density at radius 3 is 2.16 bits per heavy atom. The van der Waals surface area contributed by atoms with Crippen LogP contribution in [0.4, 0.5) is 0 Å². The Balaban J connectivity index is 1.19.